The van der Waals surface area contributed by atoms with Crippen LogP contribution in [0.2, 0.25) is 0 Å². The van der Waals surface area contributed by atoms with E-state index in [0.29, 0.717) is 0 Å². The van der Waals surface area contributed by atoms with E-state index in [1.807, 2.05) is 42.4 Å². The average Bonchev–Trinajstić information content (AvgIpc) is 3.18. The molecule has 1 amide bonds. The van der Waals surface area contributed by atoms with E-state index in [-0.39, 0.29) is 11.4 Å². The number of aryl methyl sites for hydroxylation is 1. The molecule has 0 unspecified atom stereocenters. The van der Waals surface area contributed by atoms with Crippen molar-refractivity contribution < 1.29 is 4.79 Å². The first-order valence-electron chi connectivity index (χ1n) is 10.3. The number of imidazole rings is 1. The van der Waals surface area contributed by atoms with E-state index in [1.54, 1.807) is 0 Å². The van der Waals surface area contributed by atoms with Gasteiger partial charge in [0.1, 0.15) is 0 Å². The number of allylic oxidation sites excluding steroid dienone is 1. The number of carbonyl (C=O) groups is 1. The highest BCUT2D eigenvalue weighted by molar-refractivity contribution is 5.94. The van der Waals surface area contributed by atoms with Crippen LogP contribution < -0.4 is 0 Å². The zero-order valence-electron chi connectivity index (χ0n) is 17.2. The van der Waals surface area contributed by atoms with E-state index in [1.165, 1.54) is 22.5 Å². The Morgan fingerprint density at radius 1 is 1.18 bits per heavy atom. The van der Waals surface area contributed by atoms with Crippen LogP contribution in [0.25, 0.3) is 0 Å². The van der Waals surface area contributed by atoms with Gasteiger partial charge in [-0.2, -0.15) is 0 Å². The maximum absolute atomic E-state index is 13.0. The lowest BCUT2D eigenvalue weighted by molar-refractivity contribution is 0.0139. The normalized spacial score (nSPS) is 18.8. The van der Waals surface area contributed by atoms with Gasteiger partial charge >= 0.3 is 0 Å². The van der Waals surface area contributed by atoms with Crippen LogP contribution in [0.4, 0.5) is 0 Å². The van der Waals surface area contributed by atoms with Crippen molar-refractivity contribution in [3.63, 3.8) is 0 Å². The van der Waals surface area contributed by atoms with Crippen molar-refractivity contribution in [2.75, 3.05) is 26.2 Å². The van der Waals surface area contributed by atoms with E-state index >= 15 is 0 Å². The van der Waals surface area contributed by atoms with Gasteiger partial charge in [-0.3, -0.25) is 9.69 Å². The summed E-state index contributed by atoms with van der Waals surface area (Å²) < 4.78 is 0. The minimum absolute atomic E-state index is 0.0659. The van der Waals surface area contributed by atoms with Gasteiger partial charge in [-0.1, -0.05) is 29.3 Å². The van der Waals surface area contributed by atoms with Crippen molar-refractivity contribution in [2.24, 2.45) is 0 Å². The number of aromatic amines is 1. The van der Waals surface area contributed by atoms with E-state index in [4.69, 9.17) is 4.98 Å². The second-order valence-corrected chi connectivity index (χ2v) is 8.40. The Morgan fingerprint density at radius 2 is 1.89 bits per heavy atom. The maximum atomic E-state index is 13.0. The highest BCUT2D eigenvalue weighted by Crippen LogP contribution is 2.42. The molecule has 4 rings (SSSR count). The summed E-state index contributed by atoms with van der Waals surface area (Å²) in [5.74, 6) is 0.142. The summed E-state index contributed by atoms with van der Waals surface area (Å²) in [6.07, 6.45) is 7.02. The molecule has 2 aromatic rings. The van der Waals surface area contributed by atoms with E-state index in [0.717, 1.165) is 51.0 Å². The summed E-state index contributed by atoms with van der Waals surface area (Å²) >= 11 is 0. The molecule has 1 aromatic carbocycles. The third-order valence-corrected chi connectivity index (χ3v) is 6.29. The van der Waals surface area contributed by atoms with Crippen LogP contribution in [0, 0.1) is 6.92 Å². The first kappa shape index (κ1) is 18.9. The van der Waals surface area contributed by atoms with Gasteiger partial charge in [0, 0.05) is 43.9 Å². The molecular weight excluding hydrogens is 348 g/mol. The molecule has 2 aliphatic rings. The highest BCUT2D eigenvalue weighted by Gasteiger charge is 2.46. The van der Waals surface area contributed by atoms with Crippen LogP contribution in [0.15, 0.2) is 42.2 Å². The molecule has 28 heavy (non-hydrogen) atoms. The molecule has 2 aliphatic heterocycles. The Balaban J connectivity index is 1.55. The lowest BCUT2D eigenvalue weighted by atomic mass is 9.78. The number of benzene rings is 1. The Hall–Kier alpha value is -2.40. The van der Waals surface area contributed by atoms with Crippen LogP contribution >= 0.6 is 0 Å². The molecule has 1 saturated heterocycles. The molecular formula is C23H30N4O. The molecule has 0 radical (unpaired) electrons. The number of aromatic nitrogens is 2. The summed E-state index contributed by atoms with van der Waals surface area (Å²) in [5, 5.41) is 0. The largest absolute Gasteiger partial charge is 0.348 e. The van der Waals surface area contributed by atoms with Crippen molar-refractivity contribution in [1.82, 2.24) is 19.8 Å². The second-order valence-electron chi connectivity index (χ2n) is 8.40. The zero-order valence-corrected chi connectivity index (χ0v) is 17.2. The van der Waals surface area contributed by atoms with Crippen LogP contribution in [-0.4, -0.2) is 51.9 Å². The molecule has 0 atom stereocenters. The SMILES string of the molecule is CC(C)=CCN1CCc2[nH]cnc2C12CCN(C(=O)c1ccc(C)cc1)CC2. The van der Waals surface area contributed by atoms with Gasteiger partial charge in [0.2, 0.25) is 0 Å². The molecule has 5 heteroatoms. The smallest absolute Gasteiger partial charge is 0.253 e. The minimum Gasteiger partial charge on any atom is -0.348 e. The topological polar surface area (TPSA) is 52.2 Å². The lowest BCUT2D eigenvalue weighted by Crippen LogP contribution is -2.57. The zero-order chi connectivity index (χ0) is 19.7. The first-order chi connectivity index (χ1) is 13.5. The Morgan fingerprint density at radius 3 is 2.57 bits per heavy atom. The van der Waals surface area contributed by atoms with Crippen molar-refractivity contribution in [3.05, 3.63) is 64.8 Å². The predicted octanol–water partition coefficient (Wildman–Crippen LogP) is 3.67. The summed E-state index contributed by atoms with van der Waals surface area (Å²) in [7, 11) is 0. The molecule has 1 aromatic heterocycles. The number of nitrogens with zero attached hydrogens (tertiary/aromatic N) is 3. The number of hydrogen-bond donors (Lipinski definition) is 1. The fraction of sp³-hybridized carbons (Fsp3) is 0.478. The van der Waals surface area contributed by atoms with Crippen molar-refractivity contribution in [2.45, 2.75) is 45.6 Å². The molecule has 1 N–H and O–H groups in total. The Kier molecular flexibility index (Phi) is 5.11. The molecule has 0 bridgehead atoms. The number of hydrogen-bond acceptors (Lipinski definition) is 3. The minimum atomic E-state index is -0.0659. The molecule has 3 heterocycles. The molecule has 1 fully saturated rings. The number of carbonyl (C=O) groups excluding carboxylic acids is 1. The van der Waals surface area contributed by atoms with Crippen LogP contribution in [0.1, 0.15) is 54.0 Å². The number of rotatable bonds is 3. The number of piperidine rings is 1. The van der Waals surface area contributed by atoms with E-state index < -0.39 is 0 Å². The van der Waals surface area contributed by atoms with E-state index in [9.17, 15) is 4.79 Å². The third kappa shape index (κ3) is 3.39. The van der Waals surface area contributed by atoms with Gasteiger partial charge in [0.25, 0.3) is 5.91 Å². The quantitative estimate of drug-likeness (QED) is 0.829. The second kappa shape index (κ2) is 7.55. The maximum Gasteiger partial charge on any atom is 0.253 e. The highest BCUT2D eigenvalue weighted by atomic mass is 16.2. The fourth-order valence-electron chi connectivity index (χ4n) is 4.59. The van der Waals surface area contributed by atoms with Crippen molar-refractivity contribution in [3.8, 4) is 0 Å². The van der Waals surface area contributed by atoms with Crippen LogP contribution in [0.5, 0.6) is 0 Å². The fourth-order valence-corrected chi connectivity index (χ4v) is 4.59. The van der Waals surface area contributed by atoms with Gasteiger partial charge < -0.3 is 9.88 Å². The summed E-state index contributed by atoms with van der Waals surface area (Å²) in [5.41, 5.74) is 5.71. The molecule has 0 aliphatic carbocycles. The molecule has 0 saturated carbocycles. The van der Waals surface area contributed by atoms with Gasteiger partial charge in [-0.25, -0.2) is 4.98 Å². The van der Waals surface area contributed by atoms with Gasteiger partial charge in [0.05, 0.1) is 17.6 Å². The van der Waals surface area contributed by atoms with Crippen molar-refractivity contribution in [1.29, 1.82) is 0 Å². The monoisotopic (exact) mass is 378 g/mol. The summed E-state index contributed by atoms with van der Waals surface area (Å²) in [6.45, 7) is 9.86. The standard InChI is InChI=1S/C23H30N4O/c1-17(2)8-12-27-13-9-20-21(25-16-24-20)23(27)10-14-26(15-11-23)22(28)19-6-4-18(3)5-7-19/h4-8,16H,9-15H2,1-3H3,(H,24,25). The number of fused-ring (bicyclic) bond motifs is 2. The van der Waals surface area contributed by atoms with Crippen molar-refractivity contribution >= 4 is 5.91 Å². The van der Waals surface area contributed by atoms with Crippen LogP contribution in [-0.2, 0) is 12.0 Å². The van der Waals surface area contributed by atoms with Gasteiger partial charge in [0.15, 0.2) is 0 Å². The lowest BCUT2D eigenvalue weighted by Gasteiger charge is -2.50. The van der Waals surface area contributed by atoms with Gasteiger partial charge in [-0.15, -0.1) is 0 Å². The van der Waals surface area contributed by atoms with Crippen LogP contribution in [0.3, 0.4) is 0 Å². The Bertz CT molecular complexity index is 868. The first-order valence-corrected chi connectivity index (χ1v) is 10.3. The Labute approximate surface area is 167 Å². The number of likely N-dealkylation sites (tertiary alicyclic amines) is 1. The molecule has 1 spiro atoms. The summed E-state index contributed by atoms with van der Waals surface area (Å²) in [4.78, 5) is 25.6. The average molecular weight is 379 g/mol. The van der Waals surface area contributed by atoms with Gasteiger partial charge in [-0.05, 0) is 45.7 Å². The molecule has 148 valence electrons. The van der Waals surface area contributed by atoms with E-state index in [2.05, 4.69) is 29.8 Å². The third-order valence-electron chi connectivity index (χ3n) is 6.29. The number of nitrogens with one attached hydrogen (secondary N) is 1. The summed E-state index contributed by atoms with van der Waals surface area (Å²) in [6, 6.07) is 7.90. The number of H-pyrrole nitrogens is 1. The number of amides is 1. The predicted molar refractivity (Wildman–Crippen MR) is 111 cm³/mol. The molecule has 5 nitrogen and oxygen atoms in total.